The molecule has 16 heavy (non-hydrogen) atoms. The monoisotopic (exact) mass is 218 g/mol. The summed E-state index contributed by atoms with van der Waals surface area (Å²) in [4.78, 5) is 0. The van der Waals surface area contributed by atoms with Gasteiger partial charge in [0.1, 0.15) is 0 Å². The van der Waals surface area contributed by atoms with Gasteiger partial charge in [0.25, 0.3) is 0 Å². The molecule has 1 aromatic rings. The number of rotatable bonds is 6. The van der Waals surface area contributed by atoms with Crippen LogP contribution in [0.5, 0.6) is 11.5 Å². The Morgan fingerprint density at radius 2 is 1.25 bits per heavy atom. The Balaban J connectivity index is 1.58. The summed E-state index contributed by atoms with van der Waals surface area (Å²) < 4.78 is 11.6. The van der Waals surface area contributed by atoms with Gasteiger partial charge in [0, 0.05) is 0 Å². The van der Waals surface area contributed by atoms with Crippen LogP contribution in [-0.4, -0.2) is 13.2 Å². The van der Waals surface area contributed by atoms with E-state index in [9.17, 15) is 0 Å². The molecule has 3 rings (SSSR count). The van der Waals surface area contributed by atoms with E-state index in [0.717, 1.165) is 36.5 Å². The maximum Gasteiger partial charge on any atom is 0.161 e. The minimum Gasteiger partial charge on any atom is -0.489 e. The molecule has 0 amide bonds. The third-order valence-electron chi connectivity index (χ3n) is 3.19. The molecule has 0 aliphatic heterocycles. The highest BCUT2D eigenvalue weighted by Gasteiger charge is 2.24. The van der Waals surface area contributed by atoms with Crippen LogP contribution in [0.2, 0.25) is 0 Å². The van der Waals surface area contributed by atoms with Crippen molar-refractivity contribution in [2.45, 2.75) is 25.7 Å². The van der Waals surface area contributed by atoms with Gasteiger partial charge in [-0.1, -0.05) is 12.1 Å². The third-order valence-corrected chi connectivity index (χ3v) is 3.19. The van der Waals surface area contributed by atoms with E-state index in [4.69, 9.17) is 9.47 Å². The minimum absolute atomic E-state index is 0.788. The standard InChI is InChI=1S/C14H18O2/c1-2-4-14(16-10-12-7-8-12)13(3-1)15-9-11-5-6-11/h1-4,11-12H,5-10H2. The smallest absolute Gasteiger partial charge is 0.161 e. The van der Waals surface area contributed by atoms with E-state index >= 15 is 0 Å². The van der Waals surface area contributed by atoms with Crippen molar-refractivity contribution in [3.05, 3.63) is 24.3 Å². The number of hydrogen-bond donors (Lipinski definition) is 0. The van der Waals surface area contributed by atoms with Crippen LogP contribution in [0.15, 0.2) is 24.3 Å². The first kappa shape index (κ1) is 10.0. The lowest BCUT2D eigenvalue weighted by atomic mass is 10.3. The summed E-state index contributed by atoms with van der Waals surface area (Å²) in [7, 11) is 0. The van der Waals surface area contributed by atoms with Gasteiger partial charge in [-0.15, -0.1) is 0 Å². The van der Waals surface area contributed by atoms with E-state index < -0.39 is 0 Å². The normalized spacial score (nSPS) is 19.5. The number of benzene rings is 1. The zero-order valence-corrected chi connectivity index (χ0v) is 9.52. The summed E-state index contributed by atoms with van der Waals surface area (Å²) in [6.07, 6.45) is 5.30. The first-order valence-corrected chi connectivity index (χ1v) is 6.26. The van der Waals surface area contributed by atoms with Gasteiger partial charge in [-0.05, 0) is 49.7 Å². The zero-order chi connectivity index (χ0) is 10.8. The highest BCUT2D eigenvalue weighted by atomic mass is 16.5. The van der Waals surface area contributed by atoms with Gasteiger partial charge in [-0.3, -0.25) is 0 Å². The molecule has 0 atom stereocenters. The Morgan fingerprint density at radius 3 is 1.62 bits per heavy atom. The van der Waals surface area contributed by atoms with E-state index in [1.165, 1.54) is 25.7 Å². The van der Waals surface area contributed by atoms with Crippen molar-refractivity contribution in [2.75, 3.05) is 13.2 Å². The van der Waals surface area contributed by atoms with Gasteiger partial charge < -0.3 is 9.47 Å². The molecule has 0 N–H and O–H groups in total. The highest BCUT2D eigenvalue weighted by molar-refractivity contribution is 5.39. The van der Waals surface area contributed by atoms with E-state index in [1.807, 2.05) is 24.3 Å². The van der Waals surface area contributed by atoms with Crippen molar-refractivity contribution >= 4 is 0 Å². The van der Waals surface area contributed by atoms with Gasteiger partial charge >= 0.3 is 0 Å². The fraction of sp³-hybridized carbons (Fsp3) is 0.571. The molecule has 0 unspecified atom stereocenters. The van der Waals surface area contributed by atoms with Gasteiger partial charge in [0.2, 0.25) is 0 Å². The third kappa shape index (κ3) is 2.69. The largest absolute Gasteiger partial charge is 0.489 e. The second-order valence-electron chi connectivity index (χ2n) is 4.96. The summed E-state index contributed by atoms with van der Waals surface area (Å²) >= 11 is 0. The van der Waals surface area contributed by atoms with E-state index in [-0.39, 0.29) is 0 Å². The molecule has 2 fully saturated rings. The van der Waals surface area contributed by atoms with Crippen molar-refractivity contribution in [3.8, 4) is 11.5 Å². The lowest BCUT2D eigenvalue weighted by Crippen LogP contribution is -2.04. The summed E-state index contributed by atoms with van der Waals surface area (Å²) in [5.74, 6) is 3.40. The van der Waals surface area contributed by atoms with Crippen LogP contribution in [0, 0.1) is 11.8 Å². The molecule has 0 saturated heterocycles. The summed E-state index contributed by atoms with van der Waals surface area (Å²) in [5, 5.41) is 0. The molecule has 2 nitrogen and oxygen atoms in total. The molecule has 0 spiro atoms. The maximum absolute atomic E-state index is 5.79. The summed E-state index contributed by atoms with van der Waals surface area (Å²) in [5.41, 5.74) is 0. The fourth-order valence-corrected chi connectivity index (χ4v) is 1.67. The Labute approximate surface area is 96.6 Å². The summed E-state index contributed by atoms with van der Waals surface area (Å²) in [6, 6.07) is 8.02. The predicted molar refractivity (Wildman–Crippen MR) is 62.9 cm³/mol. The molecule has 0 heterocycles. The molecule has 2 heteroatoms. The molecular formula is C14H18O2. The molecular weight excluding hydrogens is 200 g/mol. The van der Waals surface area contributed by atoms with Gasteiger partial charge in [-0.25, -0.2) is 0 Å². The van der Waals surface area contributed by atoms with Crippen molar-refractivity contribution in [1.82, 2.24) is 0 Å². The Morgan fingerprint density at radius 1 is 0.812 bits per heavy atom. The maximum atomic E-state index is 5.79. The molecule has 2 saturated carbocycles. The number of ether oxygens (including phenoxy) is 2. The van der Waals surface area contributed by atoms with Gasteiger partial charge in [0.15, 0.2) is 11.5 Å². The molecule has 0 aromatic heterocycles. The van der Waals surface area contributed by atoms with E-state index in [0.29, 0.717) is 0 Å². The fourth-order valence-electron chi connectivity index (χ4n) is 1.67. The zero-order valence-electron chi connectivity index (χ0n) is 9.52. The molecule has 86 valence electrons. The Kier molecular flexibility index (Phi) is 2.73. The van der Waals surface area contributed by atoms with Crippen LogP contribution in [0.3, 0.4) is 0 Å². The van der Waals surface area contributed by atoms with Crippen LogP contribution in [0.4, 0.5) is 0 Å². The molecule has 0 bridgehead atoms. The minimum atomic E-state index is 0.788. The van der Waals surface area contributed by atoms with Gasteiger partial charge in [0.05, 0.1) is 13.2 Å². The second kappa shape index (κ2) is 4.36. The van der Waals surface area contributed by atoms with E-state index in [2.05, 4.69) is 0 Å². The second-order valence-corrected chi connectivity index (χ2v) is 4.96. The first-order valence-electron chi connectivity index (χ1n) is 6.26. The van der Waals surface area contributed by atoms with Crippen LogP contribution < -0.4 is 9.47 Å². The van der Waals surface area contributed by atoms with Gasteiger partial charge in [-0.2, -0.15) is 0 Å². The number of para-hydroxylation sites is 2. The van der Waals surface area contributed by atoms with Crippen LogP contribution in [0.1, 0.15) is 25.7 Å². The average molecular weight is 218 g/mol. The molecule has 1 aromatic carbocycles. The Bertz CT molecular complexity index is 319. The quantitative estimate of drug-likeness (QED) is 0.729. The van der Waals surface area contributed by atoms with E-state index in [1.54, 1.807) is 0 Å². The summed E-state index contributed by atoms with van der Waals surface area (Å²) in [6.45, 7) is 1.70. The number of hydrogen-bond acceptors (Lipinski definition) is 2. The average Bonchev–Trinajstić information content (AvgIpc) is 3.17. The first-order chi connectivity index (χ1) is 7.92. The molecule has 2 aliphatic rings. The predicted octanol–water partition coefficient (Wildman–Crippen LogP) is 3.26. The SMILES string of the molecule is c1ccc(OCC2CC2)c(OCC2CC2)c1. The highest BCUT2D eigenvalue weighted by Crippen LogP contribution is 2.34. The van der Waals surface area contributed by atoms with Crippen molar-refractivity contribution in [1.29, 1.82) is 0 Å². The van der Waals surface area contributed by atoms with Crippen LogP contribution in [-0.2, 0) is 0 Å². The van der Waals surface area contributed by atoms with Crippen LogP contribution in [0.25, 0.3) is 0 Å². The lowest BCUT2D eigenvalue weighted by molar-refractivity contribution is 0.253. The lowest BCUT2D eigenvalue weighted by Gasteiger charge is -2.11. The van der Waals surface area contributed by atoms with Crippen molar-refractivity contribution in [3.63, 3.8) is 0 Å². The topological polar surface area (TPSA) is 18.5 Å². The van der Waals surface area contributed by atoms with Crippen molar-refractivity contribution < 1.29 is 9.47 Å². The van der Waals surface area contributed by atoms with Crippen molar-refractivity contribution in [2.24, 2.45) is 11.8 Å². The van der Waals surface area contributed by atoms with Crippen LogP contribution >= 0.6 is 0 Å². The molecule has 2 aliphatic carbocycles. The Hall–Kier alpha value is -1.18. The molecule has 0 radical (unpaired) electrons.